The number of carbonyl (C=O) groups is 2. The second-order valence-electron chi connectivity index (χ2n) is 6.03. The number of carbonyl (C=O) groups excluding carboxylic acids is 1. The molecule has 0 aliphatic carbocycles. The van der Waals surface area contributed by atoms with Crippen molar-refractivity contribution in [2.24, 2.45) is 0 Å². The minimum atomic E-state index is -0.790. The van der Waals surface area contributed by atoms with Crippen LogP contribution in [0, 0.1) is 0 Å². The zero-order valence-electron chi connectivity index (χ0n) is 13.3. The maximum absolute atomic E-state index is 12.7. The average Bonchev–Trinajstić information content (AvgIpc) is 2.53. The molecule has 1 amide bonds. The molecular weight excluding hydrogens is 278 g/mol. The van der Waals surface area contributed by atoms with Gasteiger partial charge in [0.15, 0.2) is 0 Å². The number of hydrogen-bond acceptors (Lipinski definition) is 2. The lowest BCUT2D eigenvalue weighted by Gasteiger charge is -2.35. The van der Waals surface area contributed by atoms with Crippen LogP contribution < -0.4 is 0 Å². The van der Waals surface area contributed by atoms with Crippen LogP contribution in [0.5, 0.6) is 0 Å². The largest absolute Gasteiger partial charge is 0.481 e. The van der Waals surface area contributed by atoms with Gasteiger partial charge in [0.1, 0.15) is 0 Å². The third-order valence-electron chi connectivity index (χ3n) is 4.32. The smallest absolute Gasteiger partial charge is 0.303 e. The molecule has 0 aromatic heterocycles. The number of benzene rings is 1. The molecule has 1 saturated heterocycles. The molecule has 22 heavy (non-hydrogen) atoms. The van der Waals surface area contributed by atoms with Crippen molar-refractivity contribution in [1.82, 2.24) is 4.90 Å². The lowest BCUT2D eigenvalue weighted by molar-refractivity contribution is -0.137. The zero-order valence-corrected chi connectivity index (χ0v) is 13.3. The highest BCUT2D eigenvalue weighted by Gasteiger charge is 2.27. The summed E-state index contributed by atoms with van der Waals surface area (Å²) in [5.74, 6) is -0.750. The third kappa shape index (κ3) is 4.33. The van der Waals surface area contributed by atoms with Gasteiger partial charge < -0.3 is 10.0 Å². The summed E-state index contributed by atoms with van der Waals surface area (Å²) in [5, 5.41) is 8.86. The fraction of sp³-hybridized carbons (Fsp3) is 0.556. The lowest BCUT2D eigenvalue weighted by atomic mass is 9.96. The molecule has 1 fully saturated rings. The number of carboxylic acid groups (broad SMARTS) is 1. The molecule has 1 aromatic carbocycles. The molecule has 120 valence electrons. The highest BCUT2D eigenvalue weighted by molar-refractivity contribution is 5.94. The van der Waals surface area contributed by atoms with Crippen LogP contribution in [-0.2, 0) is 11.2 Å². The molecule has 1 aromatic rings. The Morgan fingerprint density at radius 3 is 2.59 bits per heavy atom. The van der Waals surface area contributed by atoms with Crippen LogP contribution in [0.1, 0.15) is 61.4 Å². The number of amides is 1. The van der Waals surface area contributed by atoms with Crippen molar-refractivity contribution in [3.05, 3.63) is 35.4 Å². The van der Waals surface area contributed by atoms with Crippen molar-refractivity contribution in [2.45, 2.75) is 57.9 Å². The highest BCUT2D eigenvalue weighted by atomic mass is 16.4. The maximum atomic E-state index is 12.7. The van der Waals surface area contributed by atoms with Crippen LogP contribution in [-0.4, -0.2) is 34.5 Å². The van der Waals surface area contributed by atoms with E-state index >= 15 is 0 Å². The number of likely N-dealkylation sites (tertiary alicyclic amines) is 1. The Balaban J connectivity index is 2.05. The van der Waals surface area contributed by atoms with E-state index in [4.69, 9.17) is 5.11 Å². The maximum Gasteiger partial charge on any atom is 0.303 e. The molecule has 1 atom stereocenters. The highest BCUT2D eigenvalue weighted by Crippen LogP contribution is 2.23. The van der Waals surface area contributed by atoms with Crippen LogP contribution in [0.15, 0.2) is 24.3 Å². The molecule has 0 saturated carbocycles. The van der Waals surface area contributed by atoms with Gasteiger partial charge in [-0.25, -0.2) is 0 Å². The van der Waals surface area contributed by atoms with Crippen molar-refractivity contribution < 1.29 is 14.7 Å². The predicted octanol–water partition coefficient (Wildman–Crippen LogP) is 3.50. The van der Waals surface area contributed by atoms with Gasteiger partial charge in [-0.2, -0.15) is 0 Å². The topological polar surface area (TPSA) is 57.6 Å². The van der Waals surface area contributed by atoms with Gasteiger partial charge in [-0.1, -0.05) is 25.5 Å². The predicted molar refractivity (Wildman–Crippen MR) is 86.0 cm³/mol. The molecule has 0 spiro atoms. The molecule has 4 heteroatoms. The molecule has 4 nitrogen and oxygen atoms in total. The van der Waals surface area contributed by atoms with Gasteiger partial charge in [0.2, 0.25) is 0 Å². The number of hydrogen-bond donors (Lipinski definition) is 1. The molecule has 1 aliphatic heterocycles. The van der Waals surface area contributed by atoms with E-state index in [1.165, 1.54) is 5.56 Å². The third-order valence-corrected chi connectivity index (χ3v) is 4.32. The number of aryl methyl sites for hydroxylation is 1. The first-order chi connectivity index (χ1) is 10.6. The summed E-state index contributed by atoms with van der Waals surface area (Å²) in [7, 11) is 0. The van der Waals surface area contributed by atoms with Gasteiger partial charge in [-0.3, -0.25) is 9.59 Å². The molecule has 1 aliphatic rings. The van der Waals surface area contributed by atoms with Crippen molar-refractivity contribution in [1.29, 1.82) is 0 Å². The zero-order chi connectivity index (χ0) is 15.9. The van der Waals surface area contributed by atoms with Gasteiger partial charge in [0.05, 0.1) is 0 Å². The summed E-state index contributed by atoms with van der Waals surface area (Å²) in [6.45, 7) is 2.87. The fourth-order valence-corrected chi connectivity index (χ4v) is 3.13. The Bertz CT molecular complexity index is 510. The first kappa shape index (κ1) is 16.5. The summed E-state index contributed by atoms with van der Waals surface area (Å²) >= 11 is 0. The van der Waals surface area contributed by atoms with Gasteiger partial charge in [0.25, 0.3) is 5.91 Å². The number of aliphatic carboxylic acids is 1. The van der Waals surface area contributed by atoms with E-state index in [-0.39, 0.29) is 18.4 Å². The Morgan fingerprint density at radius 2 is 1.95 bits per heavy atom. The summed E-state index contributed by atoms with van der Waals surface area (Å²) in [6, 6.07) is 7.90. The number of nitrogens with zero attached hydrogens (tertiary/aromatic N) is 1. The molecule has 1 unspecified atom stereocenters. The van der Waals surface area contributed by atoms with Crippen LogP contribution in [0.4, 0.5) is 0 Å². The van der Waals surface area contributed by atoms with E-state index in [1.54, 1.807) is 0 Å². The first-order valence-corrected chi connectivity index (χ1v) is 8.23. The van der Waals surface area contributed by atoms with Gasteiger partial charge >= 0.3 is 5.97 Å². The van der Waals surface area contributed by atoms with Crippen molar-refractivity contribution in [3.8, 4) is 0 Å². The second kappa shape index (κ2) is 7.97. The molecular formula is C18H25NO3. The van der Waals surface area contributed by atoms with Crippen LogP contribution in [0.25, 0.3) is 0 Å². The van der Waals surface area contributed by atoms with Crippen LogP contribution in [0.3, 0.4) is 0 Å². The SMILES string of the molecule is CCCc1ccc(C(=O)N2CCCCC2CCC(=O)O)cc1. The van der Waals surface area contributed by atoms with E-state index in [2.05, 4.69) is 6.92 Å². The van der Waals surface area contributed by atoms with E-state index in [0.717, 1.165) is 38.6 Å². The summed E-state index contributed by atoms with van der Waals surface area (Å²) < 4.78 is 0. The van der Waals surface area contributed by atoms with E-state index in [0.29, 0.717) is 12.0 Å². The van der Waals surface area contributed by atoms with Gasteiger partial charge in [-0.15, -0.1) is 0 Å². The number of piperidine rings is 1. The summed E-state index contributed by atoms with van der Waals surface area (Å²) in [4.78, 5) is 25.4. The Morgan fingerprint density at radius 1 is 1.23 bits per heavy atom. The minimum Gasteiger partial charge on any atom is -0.481 e. The standard InChI is InChI=1S/C18H25NO3/c1-2-5-14-7-9-15(10-8-14)18(22)19-13-4-3-6-16(19)11-12-17(20)21/h7-10,16H,2-6,11-13H2,1H3,(H,20,21). The molecule has 0 radical (unpaired) electrons. The molecule has 0 bridgehead atoms. The van der Waals surface area contributed by atoms with Crippen LogP contribution >= 0.6 is 0 Å². The molecule has 1 heterocycles. The van der Waals surface area contributed by atoms with E-state index < -0.39 is 5.97 Å². The molecule has 1 N–H and O–H groups in total. The van der Waals surface area contributed by atoms with E-state index in [9.17, 15) is 9.59 Å². The second-order valence-corrected chi connectivity index (χ2v) is 6.03. The normalized spacial score (nSPS) is 18.2. The van der Waals surface area contributed by atoms with Gasteiger partial charge in [0, 0.05) is 24.6 Å². The Hall–Kier alpha value is -1.84. The van der Waals surface area contributed by atoms with Crippen molar-refractivity contribution in [2.75, 3.05) is 6.54 Å². The van der Waals surface area contributed by atoms with Gasteiger partial charge in [-0.05, 0) is 49.8 Å². The summed E-state index contributed by atoms with van der Waals surface area (Å²) in [6.07, 6.45) is 5.79. The van der Waals surface area contributed by atoms with Crippen molar-refractivity contribution >= 4 is 11.9 Å². The average molecular weight is 303 g/mol. The first-order valence-electron chi connectivity index (χ1n) is 8.23. The number of rotatable bonds is 6. The summed E-state index contributed by atoms with van der Waals surface area (Å²) in [5.41, 5.74) is 1.96. The van der Waals surface area contributed by atoms with Crippen molar-refractivity contribution in [3.63, 3.8) is 0 Å². The molecule has 2 rings (SSSR count). The minimum absolute atomic E-state index is 0.0399. The van der Waals surface area contributed by atoms with Crippen LogP contribution in [0.2, 0.25) is 0 Å². The fourth-order valence-electron chi connectivity index (χ4n) is 3.13. The lowest BCUT2D eigenvalue weighted by Crippen LogP contribution is -2.43. The Kier molecular flexibility index (Phi) is 5.99. The Labute approximate surface area is 132 Å². The van der Waals surface area contributed by atoms with E-state index in [1.807, 2.05) is 29.2 Å². The number of carboxylic acids is 1. The quantitative estimate of drug-likeness (QED) is 0.875. The monoisotopic (exact) mass is 303 g/mol.